The summed E-state index contributed by atoms with van der Waals surface area (Å²) in [5.74, 6) is -0.631. The number of amides is 1. The molecule has 0 spiro atoms. The Bertz CT molecular complexity index is 1090. The number of rotatable bonds is 5. The molecule has 0 saturated carbocycles. The van der Waals surface area contributed by atoms with E-state index in [0.717, 1.165) is 36.4 Å². The lowest BCUT2D eigenvalue weighted by molar-refractivity contribution is -0.140. The number of pyridine rings is 1. The van der Waals surface area contributed by atoms with Gasteiger partial charge >= 0.3 is 0 Å². The molecule has 172 valence electrons. The van der Waals surface area contributed by atoms with Gasteiger partial charge in [0.25, 0.3) is 11.7 Å². The van der Waals surface area contributed by atoms with Crippen molar-refractivity contribution >= 4 is 17.4 Å². The minimum absolute atomic E-state index is 0.0694. The number of ketones is 1. The average Bonchev–Trinajstić information content (AvgIpc) is 3.34. The highest BCUT2D eigenvalue weighted by Gasteiger charge is 2.46. The van der Waals surface area contributed by atoms with E-state index < -0.39 is 17.7 Å². The number of Topliss-reactive ketones (excluding diaryl/α,β-unsaturated/α-hetero) is 1. The van der Waals surface area contributed by atoms with Crippen LogP contribution >= 0.6 is 0 Å². The van der Waals surface area contributed by atoms with Crippen LogP contribution in [0.5, 0.6) is 5.75 Å². The van der Waals surface area contributed by atoms with E-state index in [1.165, 1.54) is 0 Å². The second-order valence-electron chi connectivity index (χ2n) is 8.68. The van der Waals surface area contributed by atoms with Crippen molar-refractivity contribution in [3.63, 3.8) is 0 Å². The van der Waals surface area contributed by atoms with Gasteiger partial charge in [-0.15, -0.1) is 0 Å². The highest BCUT2D eigenvalue weighted by atomic mass is 16.5. The molecule has 2 aromatic rings. The molecule has 3 aliphatic rings. The van der Waals surface area contributed by atoms with Gasteiger partial charge in [-0.2, -0.15) is 0 Å². The highest BCUT2D eigenvalue weighted by Crippen LogP contribution is 2.40. The smallest absolute Gasteiger partial charge is 0.295 e. The van der Waals surface area contributed by atoms with Crippen molar-refractivity contribution in [2.75, 3.05) is 39.4 Å². The number of fused-ring (bicyclic) bond motifs is 1. The van der Waals surface area contributed by atoms with Crippen LogP contribution in [0.25, 0.3) is 5.76 Å². The number of aromatic nitrogens is 1. The normalized spacial score (nSPS) is 24.7. The van der Waals surface area contributed by atoms with Gasteiger partial charge in [0.2, 0.25) is 0 Å². The van der Waals surface area contributed by atoms with E-state index in [0.29, 0.717) is 31.9 Å². The second-order valence-corrected chi connectivity index (χ2v) is 8.68. The molecular weight excluding hydrogens is 422 g/mol. The fourth-order valence-electron chi connectivity index (χ4n) is 4.80. The standard InChI is InChI=1S/C25H27N3O5/c1-16-14-19-15-18(2-3-20(19)33-16)23(29)21-22(17-4-6-26-7-5-17)28(25(31)24(21)30)9-8-27-10-12-32-13-11-27/h2-7,15-16,22,29H,8-14H2,1H3/t16-,22+/m1/s1. The maximum absolute atomic E-state index is 13.2. The Morgan fingerprint density at radius 3 is 2.64 bits per heavy atom. The Hall–Kier alpha value is -3.23. The molecule has 5 rings (SSSR count). The lowest BCUT2D eigenvalue weighted by Gasteiger charge is -2.31. The van der Waals surface area contributed by atoms with Crippen molar-refractivity contribution in [3.05, 3.63) is 65.0 Å². The number of carbonyl (C=O) groups is 2. The number of nitrogens with zero attached hydrogens (tertiary/aromatic N) is 3. The molecule has 33 heavy (non-hydrogen) atoms. The van der Waals surface area contributed by atoms with E-state index in [2.05, 4.69) is 9.88 Å². The maximum Gasteiger partial charge on any atom is 0.295 e. The van der Waals surface area contributed by atoms with Gasteiger partial charge in [-0.05, 0) is 48.4 Å². The summed E-state index contributed by atoms with van der Waals surface area (Å²) in [6.45, 7) is 5.90. The third-order valence-electron chi connectivity index (χ3n) is 6.49. The maximum atomic E-state index is 13.2. The molecule has 0 bridgehead atoms. The van der Waals surface area contributed by atoms with Gasteiger partial charge in [-0.3, -0.25) is 19.5 Å². The fourth-order valence-corrected chi connectivity index (χ4v) is 4.80. The number of aliphatic hydroxyl groups is 1. The van der Waals surface area contributed by atoms with Gasteiger partial charge in [0, 0.05) is 50.6 Å². The summed E-state index contributed by atoms with van der Waals surface area (Å²) in [4.78, 5) is 34.1. The first-order valence-electron chi connectivity index (χ1n) is 11.3. The average molecular weight is 450 g/mol. The monoisotopic (exact) mass is 449 g/mol. The third kappa shape index (κ3) is 4.12. The van der Waals surface area contributed by atoms with Gasteiger partial charge < -0.3 is 19.5 Å². The lowest BCUT2D eigenvalue weighted by Crippen LogP contribution is -2.42. The SMILES string of the molecule is C[C@@H]1Cc2cc(C(O)=C3C(=O)C(=O)N(CCN4CCOCC4)[C@H]3c3ccncc3)ccc2O1. The van der Waals surface area contributed by atoms with Crippen molar-refractivity contribution in [1.82, 2.24) is 14.8 Å². The van der Waals surface area contributed by atoms with Gasteiger partial charge in [0.05, 0.1) is 24.8 Å². The van der Waals surface area contributed by atoms with E-state index in [1.54, 1.807) is 35.5 Å². The number of likely N-dealkylation sites (tertiary alicyclic amines) is 1. The lowest BCUT2D eigenvalue weighted by atomic mass is 9.95. The van der Waals surface area contributed by atoms with E-state index in [9.17, 15) is 14.7 Å². The summed E-state index contributed by atoms with van der Waals surface area (Å²) in [7, 11) is 0. The van der Waals surface area contributed by atoms with Crippen molar-refractivity contribution < 1.29 is 24.2 Å². The van der Waals surface area contributed by atoms with E-state index in [4.69, 9.17) is 9.47 Å². The van der Waals surface area contributed by atoms with Crippen LogP contribution in [0.3, 0.4) is 0 Å². The summed E-state index contributed by atoms with van der Waals surface area (Å²) in [6, 6.07) is 8.28. The Balaban J connectivity index is 1.51. The van der Waals surface area contributed by atoms with Crippen LogP contribution in [-0.2, 0) is 20.7 Å². The topological polar surface area (TPSA) is 92.2 Å². The number of benzene rings is 1. The Morgan fingerprint density at radius 1 is 1.12 bits per heavy atom. The molecule has 4 heterocycles. The number of ether oxygens (including phenoxy) is 2. The number of morpholine rings is 1. The molecule has 0 aliphatic carbocycles. The Morgan fingerprint density at radius 2 is 1.88 bits per heavy atom. The minimum Gasteiger partial charge on any atom is -0.507 e. The molecule has 1 aromatic heterocycles. The first-order valence-corrected chi connectivity index (χ1v) is 11.3. The minimum atomic E-state index is -0.669. The molecule has 1 aromatic carbocycles. The van der Waals surface area contributed by atoms with Crippen LogP contribution in [-0.4, -0.2) is 77.1 Å². The molecule has 0 unspecified atom stereocenters. The van der Waals surface area contributed by atoms with E-state index >= 15 is 0 Å². The Labute approximate surface area is 192 Å². The second kappa shape index (κ2) is 8.96. The van der Waals surface area contributed by atoms with Gasteiger partial charge in [0.1, 0.15) is 17.6 Å². The zero-order chi connectivity index (χ0) is 22.9. The van der Waals surface area contributed by atoms with Crippen molar-refractivity contribution in [2.45, 2.75) is 25.5 Å². The summed E-state index contributed by atoms with van der Waals surface area (Å²) >= 11 is 0. The van der Waals surface area contributed by atoms with Crippen LogP contribution in [0.1, 0.15) is 29.7 Å². The van der Waals surface area contributed by atoms with Gasteiger partial charge in [-0.25, -0.2) is 0 Å². The summed E-state index contributed by atoms with van der Waals surface area (Å²) < 4.78 is 11.2. The van der Waals surface area contributed by atoms with Gasteiger partial charge in [0.15, 0.2) is 0 Å². The van der Waals surface area contributed by atoms with Crippen LogP contribution in [0.2, 0.25) is 0 Å². The first-order chi connectivity index (χ1) is 16.0. The zero-order valence-corrected chi connectivity index (χ0v) is 18.6. The number of carbonyl (C=O) groups excluding carboxylic acids is 2. The summed E-state index contributed by atoms with van der Waals surface area (Å²) in [6.07, 6.45) is 4.06. The molecule has 1 N–H and O–H groups in total. The van der Waals surface area contributed by atoms with Gasteiger partial charge in [-0.1, -0.05) is 0 Å². The molecule has 0 radical (unpaired) electrons. The van der Waals surface area contributed by atoms with E-state index in [1.807, 2.05) is 19.1 Å². The number of hydrogen-bond donors (Lipinski definition) is 1. The molecule has 8 nitrogen and oxygen atoms in total. The van der Waals surface area contributed by atoms with Crippen molar-refractivity contribution in [1.29, 1.82) is 0 Å². The van der Waals surface area contributed by atoms with Crippen molar-refractivity contribution in [2.24, 2.45) is 0 Å². The molecule has 1 amide bonds. The molecule has 2 fully saturated rings. The number of aliphatic hydroxyl groups excluding tert-OH is 1. The van der Waals surface area contributed by atoms with Crippen LogP contribution in [0, 0.1) is 0 Å². The molecule has 2 saturated heterocycles. The summed E-state index contributed by atoms with van der Waals surface area (Å²) in [5.41, 5.74) is 2.34. The quantitative estimate of drug-likeness (QED) is 0.425. The number of hydrogen-bond acceptors (Lipinski definition) is 7. The molecule has 2 atom stereocenters. The van der Waals surface area contributed by atoms with Crippen LogP contribution < -0.4 is 4.74 Å². The highest BCUT2D eigenvalue weighted by molar-refractivity contribution is 6.46. The van der Waals surface area contributed by atoms with Crippen LogP contribution in [0.15, 0.2) is 48.3 Å². The van der Waals surface area contributed by atoms with E-state index in [-0.39, 0.29) is 17.4 Å². The van der Waals surface area contributed by atoms with Crippen molar-refractivity contribution in [3.8, 4) is 5.75 Å². The fraction of sp³-hybridized carbons (Fsp3) is 0.400. The predicted octanol–water partition coefficient (Wildman–Crippen LogP) is 2.16. The molecular formula is C25H27N3O5. The first kappa shape index (κ1) is 21.6. The summed E-state index contributed by atoms with van der Waals surface area (Å²) in [5, 5.41) is 11.3. The molecule has 3 aliphatic heterocycles. The third-order valence-corrected chi connectivity index (χ3v) is 6.49. The largest absolute Gasteiger partial charge is 0.507 e. The predicted molar refractivity (Wildman–Crippen MR) is 121 cm³/mol. The Kier molecular flexibility index (Phi) is 5.86. The molecule has 8 heteroatoms. The van der Waals surface area contributed by atoms with Crippen LogP contribution in [0.4, 0.5) is 0 Å². The zero-order valence-electron chi connectivity index (χ0n) is 18.6.